The molecule has 0 aromatic carbocycles. The van der Waals surface area contributed by atoms with Crippen LogP contribution in [0.4, 0.5) is 0 Å². The fourth-order valence-electron chi connectivity index (χ4n) is 2.53. The Bertz CT molecular complexity index is 407. The average Bonchev–Trinajstić information content (AvgIpc) is 2.51. The van der Waals surface area contributed by atoms with Crippen LogP contribution in [0, 0.1) is 5.92 Å². The predicted molar refractivity (Wildman–Crippen MR) is 94.1 cm³/mol. The first-order valence-electron chi connectivity index (χ1n) is 9.16. The minimum atomic E-state index is -4.49. The van der Waals surface area contributed by atoms with E-state index in [0.29, 0.717) is 12.5 Å². The molecule has 7 heteroatoms. The van der Waals surface area contributed by atoms with E-state index in [1.807, 2.05) is 0 Å². The summed E-state index contributed by atoms with van der Waals surface area (Å²) in [5.41, 5.74) is 0. The van der Waals surface area contributed by atoms with Gasteiger partial charge in [0.2, 0.25) is 0 Å². The molecule has 0 bridgehead atoms. The van der Waals surface area contributed by atoms with Crippen LogP contribution in [-0.4, -0.2) is 32.2 Å². The van der Waals surface area contributed by atoms with Crippen molar-refractivity contribution in [3.8, 4) is 0 Å². The number of hydrogen-bond acceptors (Lipinski definition) is 5. The molecule has 0 rings (SSSR count). The molecular formula is C17H34O6S. The van der Waals surface area contributed by atoms with E-state index in [1.54, 1.807) is 0 Å². The van der Waals surface area contributed by atoms with Gasteiger partial charge in [-0.3, -0.25) is 9.35 Å². The van der Waals surface area contributed by atoms with Gasteiger partial charge in [-0.1, -0.05) is 65.2 Å². The number of carbonyl (C=O) groups is 1. The number of carbonyl (C=O) groups excluding carboxylic acids is 1. The molecule has 24 heavy (non-hydrogen) atoms. The van der Waals surface area contributed by atoms with Gasteiger partial charge in [-0.2, -0.15) is 8.42 Å². The highest BCUT2D eigenvalue weighted by Crippen LogP contribution is 2.18. The molecule has 0 fully saturated rings. The van der Waals surface area contributed by atoms with E-state index in [9.17, 15) is 13.2 Å². The first-order valence-corrected chi connectivity index (χ1v) is 10.5. The highest BCUT2D eigenvalue weighted by molar-refractivity contribution is 7.80. The second-order valence-corrected chi connectivity index (χ2v) is 7.34. The Balaban J connectivity index is 3.93. The zero-order valence-corrected chi connectivity index (χ0v) is 16.0. The third-order valence-electron chi connectivity index (χ3n) is 3.95. The molecule has 0 aliphatic carbocycles. The van der Waals surface area contributed by atoms with Crippen LogP contribution in [0.3, 0.4) is 0 Å². The Morgan fingerprint density at radius 3 is 2.17 bits per heavy atom. The van der Waals surface area contributed by atoms with Gasteiger partial charge in [-0.25, -0.2) is 4.18 Å². The van der Waals surface area contributed by atoms with Gasteiger partial charge in [0.05, 0.1) is 19.6 Å². The molecule has 0 aliphatic rings. The molecule has 144 valence electrons. The third-order valence-corrected chi connectivity index (χ3v) is 4.41. The largest absolute Gasteiger partial charge is 0.465 e. The van der Waals surface area contributed by atoms with Crippen LogP contribution in [-0.2, 0) is 24.1 Å². The molecule has 0 aromatic heterocycles. The number of esters is 1. The lowest BCUT2D eigenvalue weighted by atomic mass is 9.96. The second-order valence-electron chi connectivity index (χ2n) is 6.25. The molecule has 0 amide bonds. The zero-order valence-electron chi connectivity index (χ0n) is 15.2. The summed E-state index contributed by atoms with van der Waals surface area (Å²) in [6.07, 6.45) is 11.6. The Morgan fingerprint density at radius 1 is 0.958 bits per heavy atom. The molecule has 0 saturated heterocycles. The van der Waals surface area contributed by atoms with Crippen molar-refractivity contribution < 1.29 is 26.7 Å². The molecule has 1 unspecified atom stereocenters. The molecule has 1 atom stereocenters. The quantitative estimate of drug-likeness (QED) is 0.249. The smallest absolute Gasteiger partial charge is 0.397 e. The summed E-state index contributed by atoms with van der Waals surface area (Å²) in [5, 5.41) is 0. The zero-order chi connectivity index (χ0) is 18.3. The van der Waals surface area contributed by atoms with Crippen LogP contribution >= 0.6 is 0 Å². The molecule has 0 aliphatic heterocycles. The molecule has 6 nitrogen and oxygen atoms in total. The monoisotopic (exact) mass is 366 g/mol. The standard InChI is InChI=1S/C17H34O6S/c1-3-5-7-8-9-10-12-16(11-6-4-2)15-22-17(18)13-14-23-24(19,20)21/h16H,3-15H2,1-2H3,(H,19,20,21). The molecule has 0 aromatic rings. The van der Waals surface area contributed by atoms with Crippen LogP contribution in [0.5, 0.6) is 0 Å². The van der Waals surface area contributed by atoms with Crippen molar-refractivity contribution in [1.82, 2.24) is 0 Å². The Morgan fingerprint density at radius 2 is 1.54 bits per heavy atom. The average molecular weight is 367 g/mol. The van der Waals surface area contributed by atoms with Gasteiger partial charge in [0, 0.05) is 0 Å². The summed E-state index contributed by atoms with van der Waals surface area (Å²) in [7, 11) is -4.49. The van der Waals surface area contributed by atoms with Crippen molar-refractivity contribution >= 4 is 16.4 Å². The highest BCUT2D eigenvalue weighted by Gasteiger charge is 2.13. The maximum atomic E-state index is 11.6. The minimum absolute atomic E-state index is 0.183. The SMILES string of the molecule is CCCCCCCCC(CCCC)COC(=O)CCOS(=O)(=O)O. The van der Waals surface area contributed by atoms with Crippen molar-refractivity contribution in [2.75, 3.05) is 13.2 Å². The maximum Gasteiger partial charge on any atom is 0.397 e. The second kappa shape index (κ2) is 14.7. The fraction of sp³-hybridized carbons (Fsp3) is 0.941. The summed E-state index contributed by atoms with van der Waals surface area (Å²) < 4.78 is 38.5. The van der Waals surface area contributed by atoms with E-state index in [2.05, 4.69) is 18.0 Å². The minimum Gasteiger partial charge on any atom is -0.465 e. The van der Waals surface area contributed by atoms with Crippen molar-refractivity contribution in [1.29, 1.82) is 0 Å². The van der Waals surface area contributed by atoms with E-state index < -0.39 is 23.0 Å². The molecule has 1 N–H and O–H groups in total. The number of unbranched alkanes of at least 4 members (excludes halogenated alkanes) is 6. The van der Waals surface area contributed by atoms with Gasteiger partial charge < -0.3 is 4.74 Å². The van der Waals surface area contributed by atoms with Gasteiger partial charge in [0.1, 0.15) is 0 Å². The van der Waals surface area contributed by atoms with E-state index in [0.717, 1.165) is 32.1 Å². The van der Waals surface area contributed by atoms with Crippen molar-refractivity contribution in [2.24, 2.45) is 5.92 Å². The lowest BCUT2D eigenvalue weighted by Crippen LogP contribution is -2.16. The molecule has 0 saturated carbocycles. The summed E-state index contributed by atoms with van der Waals surface area (Å²) in [6.45, 7) is 4.32. The van der Waals surface area contributed by atoms with Crippen molar-refractivity contribution in [3.05, 3.63) is 0 Å². The molecule has 0 spiro atoms. The third kappa shape index (κ3) is 16.2. The van der Waals surface area contributed by atoms with Gasteiger partial charge in [-0.05, 0) is 18.8 Å². The van der Waals surface area contributed by atoms with Crippen LogP contribution in [0.2, 0.25) is 0 Å². The van der Waals surface area contributed by atoms with E-state index in [1.165, 1.54) is 32.1 Å². The summed E-state index contributed by atoms with van der Waals surface area (Å²) in [5.74, 6) is -0.134. The van der Waals surface area contributed by atoms with Crippen molar-refractivity contribution in [2.45, 2.75) is 84.5 Å². The van der Waals surface area contributed by atoms with Crippen LogP contribution in [0.15, 0.2) is 0 Å². The predicted octanol–water partition coefficient (Wildman–Crippen LogP) is 4.30. The number of hydrogen-bond donors (Lipinski definition) is 1. The van der Waals surface area contributed by atoms with Gasteiger partial charge in [0.25, 0.3) is 0 Å². The topological polar surface area (TPSA) is 89.9 Å². The number of rotatable bonds is 16. The van der Waals surface area contributed by atoms with Crippen LogP contribution in [0.25, 0.3) is 0 Å². The van der Waals surface area contributed by atoms with Crippen LogP contribution in [0.1, 0.15) is 84.5 Å². The lowest BCUT2D eigenvalue weighted by molar-refractivity contribution is -0.145. The van der Waals surface area contributed by atoms with Crippen molar-refractivity contribution in [3.63, 3.8) is 0 Å². The molecule has 0 heterocycles. The molecular weight excluding hydrogens is 332 g/mol. The fourth-order valence-corrected chi connectivity index (χ4v) is 2.82. The highest BCUT2D eigenvalue weighted by atomic mass is 32.3. The Hall–Kier alpha value is -0.660. The Labute approximate surface area is 147 Å². The van der Waals surface area contributed by atoms with Gasteiger partial charge in [-0.15, -0.1) is 0 Å². The number of ether oxygens (including phenoxy) is 1. The van der Waals surface area contributed by atoms with Gasteiger partial charge >= 0.3 is 16.4 Å². The van der Waals surface area contributed by atoms with E-state index in [-0.39, 0.29) is 6.42 Å². The summed E-state index contributed by atoms with van der Waals surface area (Å²) >= 11 is 0. The normalized spacial score (nSPS) is 13.0. The Kier molecular flexibility index (Phi) is 14.3. The summed E-state index contributed by atoms with van der Waals surface area (Å²) in [6, 6.07) is 0. The van der Waals surface area contributed by atoms with Crippen LogP contribution < -0.4 is 0 Å². The maximum absolute atomic E-state index is 11.6. The molecule has 0 radical (unpaired) electrons. The first-order chi connectivity index (χ1) is 11.4. The van der Waals surface area contributed by atoms with Gasteiger partial charge in [0.15, 0.2) is 0 Å². The lowest BCUT2D eigenvalue weighted by Gasteiger charge is -2.16. The van der Waals surface area contributed by atoms with E-state index in [4.69, 9.17) is 9.29 Å². The van der Waals surface area contributed by atoms with E-state index >= 15 is 0 Å². The first kappa shape index (κ1) is 23.3. The summed E-state index contributed by atoms with van der Waals surface area (Å²) in [4.78, 5) is 11.6.